The van der Waals surface area contributed by atoms with Gasteiger partial charge in [0.15, 0.2) is 5.79 Å². The number of carbonyl (C=O) groups excluding carboxylic acids is 1. The van der Waals surface area contributed by atoms with Crippen LogP contribution in [0.2, 0.25) is 0 Å². The van der Waals surface area contributed by atoms with E-state index in [1.54, 1.807) is 6.92 Å². The number of esters is 1. The van der Waals surface area contributed by atoms with Gasteiger partial charge < -0.3 is 24.1 Å². The van der Waals surface area contributed by atoms with Gasteiger partial charge in [-0.2, -0.15) is 0 Å². The molecule has 2 saturated heterocycles. The van der Waals surface area contributed by atoms with Gasteiger partial charge in [0.2, 0.25) is 0 Å². The molecule has 0 saturated carbocycles. The largest absolute Gasteiger partial charge is 0.466 e. The lowest BCUT2D eigenvalue weighted by molar-refractivity contribution is -0.161. The molecule has 0 aliphatic carbocycles. The van der Waals surface area contributed by atoms with E-state index in [1.807, 2.05) is 20.8 Å². The Morgan fingerprint density at radius 2 is 2.14 bits per heavy atom. The first-order valence-corrected chi connectivity index (χ1v) is 7.61. The van der Waals surface area contributed by atoms with Crippen molar-refractivity contribution in [2.45, 2.75) is 58.2 Å². The van der Waals surface area contributed by atoms with Crippen molar-refractivity contribution >= 4 is 5.97 Å². The predicted octanol–water partition coefficient (Wildman–Crippen LogP) is 1.10. The van der Waals surface area contributed by atoms with E-state index in [2.05, 4.69) is 0 Å². The number of aliphatic hydroxyl groups is 1. The van der Waals surface area contributed by atoms with Gasteiger partial charge >= 0.3 is 5.97 Å². The number of hydrogen-bond donors (Lipinski definition) is 1. The van der Waals surface area contributed by atoms with Crippen molar-refractivity contribution < 1.29 is 28.8 Å². The molecule has 0 aromatic rings. The van der Waals surface area contributed by atoms with Gasteiger partial charge in [-0.25, -0.2) is 0 Å². The fraction of sp³-hybridized carbons (Fsp3) is 0.933. The van der Waals surface area contributed by atoms with E-state index in [0.717, 1.165) is 0 Å². The summed E-state index contributed by atoms with van der Waals surface area (Å²) in [5, 5.41) is 9.61. The highest BCUT2D eigenvalue weighted by Crippen LogP contribution is 2.39. The van der Waals surface area contributed by atoms with Crippen LogP contribution in [-0.2, 0) is 23.7 Å². The number of ether oxygens (including phenoxy) is 4. The Kier molecular flexibility index (Phi) is 5.24. The number of rotatable bonds is 5. The molecule has 6 heteroatoms. The molecule has 0 spiro atoms. The van der Waals surface area contributed by atoms with Gasteiger partial charge in [-0.1, -0.05) is 6.92 Å². The Labute approximate surface area is 125 Å². The van der Waals surface area contributed by atoms with E-state index in [1.165, 1.54) is 0 Å². The van der Waals surface area contributed by atoms with Crippen molar-refractivity contribution in [1.29, 1.82) is 0 Å². The molecule has 21 heavy (non-hydrogen) atoms. The third-order valence-electron chi connectivity index (χ3n) is 4.28. The normalized spacial score (nSPS) is 38.6. The summed E-state index contributed by atoms with van der Waals surface area (Å²) < 4.78 is 22.4. The molecule has 2 aliphatic rings. The molecule has 2 heterocycles. The number of hydrogen-bond acceptors (Lipinski definition) is 6. The average Bonchev–Trinajstić information content (AvgIpc) is 2.90. The summed E-state index contributed by atoms with van der Waals surface area (Å²) in [6.45, 7) is 8.32. The Morgan fingerprint density at radius 1 is 1.43 bits per heavy atom. The molecule has 122 valence electrons. The molecule has 2 unspecified atom stereocenters. The second-order valence-corrected chi connectivity index (χ2v) is 6.22. The summed E-state index contributed by atoms with van der Waals surface area (Å²) in [6.07, 6.45) is -0.516. The zero-order valence-corrected chi connectivity index (χ0v) is 13.2. The van der Waals surface area contributed by atoms with Gasteiger partial charge in [-0.3, -0.25) is 4.79 Å². The maximum Gasteiger partial charge on any atom is 0.308 e. The van der Waals surface area contributed by atoms with Crippen molar-refractivity contribution in [3.63, 3.8) is 0 Å². The van der Waals surface area contributed by atoms with Crippen molar-refractivity contribution in [3.05, 3.63) is 0 Å². The average molecular weight is 302 g/mol. The van der Waals surface area contributed by atoms with Crippen LogP contribution in [-0.4, -0.2) is 55.0 Å². The topological polar surface area (TPSA) is 74.2 Å². The number of carbonyl (C=O) groups is 1. The number of aliphatic hydroxyl groups excluding tert-OH is 1. The Bertz CT molecular complexity index is 369. The zero-order valence-electron chi connectivity index (χ0n) is 13.2. The van der Waals surface area contributed by atoms with Gasteiger partial charge in [-0.05, 0) is 26.7 Å². The van der Waals surface area contributed by atoms with Crippen LogP contribution in [0.1, 0.15) is 34.1 Å². The molecule has 2 aliphatic heterocycles. The van der Waals surface area contributed by atoms with Crippen LogP contribution in [0, 0.1) is 11.8 Å². The summed E-state index contributed by atoms with van der Waals surface area (Å²) in [7, 11) is 0. The van der Waals surface area contributed by atoms with Gasteiger partial charge in [0.1, 0.15) is 6.10 Å². The molecular formula is C15H26O6. The zero-order chi connectivity index (χ0) is 15.6. The van der Waals surface area contributed by atoms with Crippen LogP contribution in [0.4, 0.5) is 0 Å². The van der Waals surface area contributed by atoms with Crippen LogP contribution in [0.15, 0.2) is 0 Å². The minimum atomic E-state index is -0.609. The molecule has 0 amide bonds. The minimum Gasteiger partial charge on any atom is -0.466 e. The summed E-state index contributed by atoms with van der Waals surface area (Å²) in [4.78, 5) is 11.7. The van der Waals surface area contributed by atoms with Crippen molar-refractivity contribution in [3.8, 4) is 0 Å². The first kappa shape index (κ1) is 16.7. The lowest BCUT2D eigenvalue weighted by Crippen LogP contribution is -2.35. The van der Waals surface area contributed by atoms with Crippen molar-refractivity contribution in [2.24, 2.45) is 11.8 Å². The monoisotopic (exact) mass is 302 g/mol. The third-order valence-corrected chi connectivity index (χ3v) is 4.28. The van der Waals surface area contributed by atoms with E-state index in [4.69, 9.17) is 18.9 Å². The van der Waals surface area contributed by atoms with Gasteiger partial charge in [0, 0.05) is 12.5 Å². The highest BCUT2D eigenvalue weighted by Gasteiger charge is 2.49. The lowest BCUT2D eigenvalue weighted by Gasteiger charge is -2.23. The molecular weight excluding hydrogens is 276 g/mol. The smallest absolute Gasteiger partial charge is 0.308 e. The van der Waals surface area contributed by atoms with Crippen LogP contribution in [0.25, 0.3) is 0 Å². The lowest BCUT2D eigenvalue weighted by atomic mass is 9.86. The SMILES string of the molecule is CCOC(=O)C[C@@H]1OC(C2COC(C)(C)O2)[C@H](C)[C@H]1CO. The van der Waals surface area contributed by atoms with Crippen molar-refractivity contribution in [2.75, 3.05) is 19.8 Å². The molecule has 5 atom stereocenters. The van der Waals surface area contributed by atoms with Gasteiger partial charge in [0.05, 0.1) is 31.8 Å². The summed E-state index contributed by atoms with van der Waals surface area (Å²) >= 11 is 0. The maximum absolute atomic E-state index is 11.7. The van der Waals surface area contributed by atoms with Gasteiger partial charge in [0.25, 0.3) is 0 Å². The van der Waals surface area contributed by atoms with E-state index in [9.17, 15) is 9.90 Å². The van der Waals surface area contributed by atoms with E-state index < -0.39 is 5.79 Å². The second kappa shape index (κ2) is 6.60. The quantitative estimate of drug-likeness (QED) is 0.767. The Hall–Kier alpha value is -0.690. The standard InChI is InChI=1S/C15H26O6/c1-5-18-13(17)6-11-10(7-16)9(2)14(20-11)12-8-19-15(3,4)21-12/h9-12,14,16H,5-8H2,1-4H3/t9-,10-,11+,12?,14?/m1/s1. The predicted molar refractivity (Wildman–Crippen MR) is 74.6 cm³/mol. The highest BCUT2D eigenvalue weighted by molar-refractivity contribution is 5.70. The molecule has 0 aromatic heterocycles. The molecule has 6 nitrogen and oxygen atoms in total. The van der Waals surface area contributed by atoms with E-state index in [-0.39, 0.29) is 49.1 Å². The molecule has 0 radical (unpaired) electrons. The summed E-state index contributed by atoms with van der Waals surface area (Å²) in [5.74, 6) is -0.900. The van der Waals surface area contributed by atoms with Crippen LogP contribution in [0.5, 0.6) is 0 Å². The second-order valence-electron chi connectivity index (χ2n) is 6.22. The molecule has 2 rings (SSSR count). The first-order valence-electron chi connectivity index (χ1n) is 7.61. The summed E-state index contributed by atoms with van der Waals surface area (Å²) in [6, 6.07) is 0. The maximum atomic E-state index is 11.7. The molecule has 2 fully saturated rings. The fourth-order valence-electron chi connectivity index (χ4n) is 3.18. The molecule has 0 bridgehead atoms. The van der Waals surface area contributed by atoms with Crippen LogP contribution >= 0.6 is 0 Å². The van der Waals surface area contributed by atoms with Gasteiger partial charge in [-0.15, -0.1) is 0 Å². The Balaban J connectivity index is 2.00. The minimum absolute atomic E-state index is 0.0152. The fourth-order valence-corrected chi connectivity index (χ4v) is 3.18. The first-order chi connectivity index (χ1) is 9.88. The van der Waals surface area contributed by atoms with E-state index in [0.29, 0.717) is 13.2 Å². The highest BCUT2D eigenvalue weighted by atomic mass is 16.7. The van der Waals surface area contributed by atoms with Crippen molar-refractivity contribution in [1.82, 2.24) is 0 Å². The molecule has 1 N–H and O–H groups in total. The third kappa shape index (κ3) is 3.74. The Morgan fingerprint density at radius 3 is 2.67 bits per heavy atom. The van der Waals surface area contributed by atoms with E-state index >= 15 is 0 Å². The summed E-state index contributed by atoms with van der Waals surface area (Å²) in [5.41, 5.74) is 0. The van der Waals surface area contributed by atoms with Crippen LogP contribution < -0.4 is 0 Å². The van der Waals surface area contributed by atoms with Crippen LogP contribution in [0.3, 0.4) is 0 Å². The molecule has 0 aromatic carbocycles.